The first-order valence-electron chi connectivity index (χ1n) is 11.5. The third-order valence-electron chi connectivity index (χ3n) is 6.77. The number of piperazine rings is 1. The van der Waals surface area contributed by atoms with E-state index in [2.05, 4.69) is 19.5 Å². The average Bonchev–Trinajstić information content (AvgIpc) is 3.40. The van der Waals surface area contributed by atoms with Crippen molar-refractivity contribution in [2.45, 2.75) is 19.5 Å². The first-order valence-corrected chi connectivity index (χ1v) is 12.3. The lowest BCUT2D eigenvalue weighted by Gasteiger charge is -2.35. The number of benzene rings is 2. The van der Waals surface area contributed by atoms with Gasteiger partial charge in [-0.15, -0.1) is 0 Å². The number of anilines is 1. The molecule has 1 N–H and O–H groups in total. The Morgan fingerprint density at radius 2 is 1.80 bits per heavy atom. The molecule has 6 rings (SSSR count). The summed E-state index contributed by atoms with van der Waals surface area (Å²) in [6.45, 7) is 4.66. The Kier molecular flexibility index (Phi) is 5.37. The Hall–Kier alpha value is -3.57. The highest BCUT2D eigenvalue weighted by Crippen LogP contribution is 2.31. The molecular formula is C24H23FN6O3S. The number of amides is 4. The summed E-state index contributed by atoms with van der Waals surface area (Å²) >= 11 is 1.33. The Bertz CT molecular complexity index is 1350. The molecule has 3 aromatic rings. The van der Waals surface area contributed by atoms with Gasteiger partial charge in [0, 0.05) is 50.1 Å². The molecule has 2 aromatic carbocycles. The van der Waals surface area contributed by atoms with Gasteiger partial charge in [0.15, 0.2) is 0 Å². The Morgan fingerprint density at radius 3 is 2.60 bits per heavy atom. The summed E-state index contributed by atoms with van der Waals surface area (Å²) in [6.07, 6.45) is 0.177. The molecule has 3 aliphatic heterocycles. The fourth-order valence-corrected chi connectivity index (χ4v) is 5.76. The van der Waals surface area contributed by atoms with Crippen molar-refractivity contribution in [1.29, 1.82) is 0 Å². The van der Waals surface area contributed by atoms with E-state index >= 15 is 0 Å². The van der Waals surface area contributed by atoms with Crippen LogP contribution >= 0.6 is 11.5 Å². The minimum Gasteiger partial charge on any atom is -0.353 e. The van der Waals surface area contributed by atoms with E-state index in [1.165, 1.54) is 33.7 Å². The van der Waals surface area contributed by atoms with Crippen LogP contribution in [0.4, 0.5) is 15.0 Å². The molecule has 0 unspecified atom stereocenters. The van der Waals surface area contributed by atoms with Gasteiger partial charge >= 0.3 is 6.03 Å². The van der Waals surface area contributed by atoms with Crippen LogP contribution < -0.4 is 10.2 Å². The maximum atomic E-state index is 13.5. The van der Waals surface area contributed by atoms with E-state index in [-0.39, 0.29) is 30.6 Å². The van der Waals surface area contributed by atoms with Crippen molar-refractivity contribution in [3.8, 4) is 0 Å². The summed E-state index contributed by atoms with van der Waals surface area (Å²) in [4.78, 5) is 41.1. The molecule has 3 aliphatic rings. The topological polar surface area (TPSA) is 89.1 Å². The van der Waals surface area contributed by atoms with Crippen molar-refractivity contribution in [2.24, 2.45) is 0 Å². The number of rotatable bonds is 4. The highest BCUT2D eigenvalue weighted by atomic mass is 32.1. The van der Waals surface area contributed by atoms with Crippen LogP contribution in [0.1, 0.15) is 27.9 Å². The second-order valence-electron chi connectivity index (χ2n) is 8.99. The molecule has 0 aliphatic carbocycles. The van der Waals surface area contributed by atoms with E-state index in [4.69, 9.17) is 0 Å². The van der Waals surface area contributed by atoms with Gasteiger partial charge < -0.3 is 4.90 Å². The Labute approximate surface area is 204 Å². The number of carbonyl (C=O) groups excluding carboxylic acids is 3. The zero-order valence-corrected chi connectivity index (χ0v) is 19.7. The number of nitrogens with zero attached hydrogens (tertiary/aromatic N) is 5. The molecule has 4 amide bonds. The molecule has 4 heterocycles. The summed E-state index contributed by atoms with van der Waals surface area (Å²) in [5.41, 5.74) is 2.59. The van der Waals surface area contributed by atoms with E-state index in [1.807, 2.05) is 18.2 Å². The van der Waals surface area contributed by atoms with Crippen LogP contribution in [-0.4, -0.2) is 69.9 Å². The van der Waals surface area contributed by atoms with Crippen LogP contribution in [0.2, 0.25) is 0 Å². The molecule has 11 heteroatoms. The zero-order valence-electron chi connectivity index (χ0n) is 18.9. The largest absolute Gasteiger partial charge is 0.353 e. The predicted octanol–water partition coefficient (Wildman–Crippen LogP) is 2.57. The van der Waals surface area contributed by atoms with E-state index in [0.717, 1.165) is 59.8 Å². The number of nitrogens with one attached hydrogen (secondary N) is 1. The molecule has 0 spiro atoms. The lowest BCUT2D eigenvalue weighted by atomic mass is 10.1. The third kappa shape index (κ3) is 4.00. The van der Waals surface area contributed by atoms with Crippen LogP contribution in [0.15, 0.2) is 36.4 Å². The summed E-state index contributed by atoms with van der Waals surface area (Å²) in [6, 6.07) is 10.1. The van der Waals surface area contributed by atoms with E-state index in [1.54, 1.807) is 6.07 Å². The molecule has 180 valence electrons. The highest BCUT2D eigenvalue weighted by Gasteiger charge is 2.37. The van der Waals surface area contributed by atoms with Gasteiger partial charge in [-0.05, 0) is 46.9 Å². The molecule has 0 saturated carbocycles. The number of carbonyl (C=O) groups is 3. The van der Waals surface area contributed by atoms with Crippen molar-refractivity contribution in [3.63, 3.8) is 0 Å². The maximum absolute atomic E-state index is 13.5. The number of imide groups is 1. The monoisotopic (exact) mass is 494 g/mol. The first-order chi connectivity index (χ1) is 17.0. The van der Waals surface area contributed by atoms with Gasteiger partial charge in [0.1, 0.15) is 11.6 Å². The van der Waals surface area contributed by atoms with Crippen LogP contribution in [0.3, 0.4) is 0 Å². The molecular weight excluding hydrogens is 471 g/mol. The van der Waals surface area contributed by atoms with Gasteiger partial charge in [-0.25, -0.2) is 19.2 Å². The molecule has 9 nitrogen and oxygen atoms in total. The van der Waals surface area contributed by atoms with Crippen LogP contribution in [-0.2, 0) is 17.9 Å². The molecule has 35 heavy (non-hydrogen) atoms. The summed E-state index contributed by atoms with van der Waals surface area (Å²) in [5.74, 6) is 0.130. The minimum absolute atomic E-state index is 0.177. The average molecular weight is 495 g/mol. The second-order valence-corrected chi connectivity index (χ2v) is 9.80. The number of hydrazine groups is 1. The smallest absolute Gasteiger partial charge is 0.342 e. The van der Waals surface area contributed by atoms with Crippen LogP contribution in [0, 0.1) is 5.82 Å². The fraction of sp³-hybridized carbons (Fsp3) is 0.333. The normalized spacial score (nSPS) is 19.0. The van der Waals surface area contributed by atoms with Crippen molar-refractivity contribution in [3.05, 3.63) is 58.9 Å². The number of halogens is 1. The standard InChI is InChI=1S/C24H23FN6O3S/c25-17-2-4-19-20(12-17)35-27-22(19)29-9-7-28(8-10-29)13-15-1-3-18-16(11-15)14-31(23(18)33)30-6-5-21(32)26-24(30)34/h1-4,11-12H,5-10,13-14H2,(H,26,32,34). The number of hydrogen-bond acceptors (Lipinski definition) is 7. The minimum atomic E-state index is -0.557. The van der Waals surface area contributed by atoms with Crippen LogP contribution in [0.5, 0.6) is 0 Å². The fourth-order valence-electron chi connectivity index (χ4n) is 4.94. The Morgan fingerprint density at radius 1 is 0.971 bits per heavy atom. The quantitative estimate of drug-likeness (QED) is 0.600. The maximum Gasteiger partial charge on any atom is 0.342 e. The van der Waals surface area contributed by atoms with Crippen LogP contribution in [0.25, 0.3) is 10.1 Å². The van der Waals surface area contributed by atoms with Gasteiger partial charge in [0.25, 0.3) is 5.91 Å². The van der Waals surface area contributed by atoms with Gasteiger partial charge in [-0.2, -0.15) is 4.37 Å². The van der Waals surface area contributed by atoms with Crippen molar-refractivity contribution in [1.82, 2.24) is 24.6 Å². The molecule has 0 atom stereocenters. The molecule has 0 radical (unpaired) electrons. The molecule has 0 bridgehead atoms. The number of hydrogen-bond donors (Lipinski definition) is 1. The molecule has 2 fully saturated rings. The lowest BCUT2D eigenvalue weighted by molar-refractivity contribution is -0.123. The van der Waals surface area contributed by atoms with Gasteiger partial charge in [-0.3, -0.25) is 19.8 Å². The number of fused-ring (bicyclic) bond motifs is 2. The molecule has 2 saturated heterocycles. The molecule has 1 aromatic heterocycles. The predicted molar refractivity (Wildman–Crippen MR) is 128 cm³/mol. The zero-order chi connectivity index (χ0) is 24.1. The van der Waals surface area contributed by atoms with Crippen molar-refractivity contribution < 1.29 is 18.8 Å². The first kappa shape index (κ1) is 21.9. The summed E-state index contributed by atoms with van der Waals surface area (Å²) < 4.78 is 18.9. The van der Waals surface area contributed by atoms with Gasteiger partial charge in [-0.1, -0.05) is 12.1 Å². The summed E-state index contributed by atoms with van der Waals surface area (Å²) in [5, 5.41) is 5.99. The highest BCUT2D eigenvalue weighted by molar-refractivity contribution is 7.13. The van der Waals surface area contributed by atoms with Gasteiger partial charge in [0.05, 0.1) is 17.8 Å². The lowest BCUT2D eigenvalue weighted by Crippen LogP contribution is -2.56. The van der Waals surface area contributed by atoms with E-state index in [9.17, 15) is 18.8 Å². The summed E-state index contributed by atoms with van der Waals surface area (Å²) in [7, 11) is 0. The van der Waals surface area contributed by atoms with Gasteiger partial charge in [0.2, 0.25) is 5.91 Å². The van der Waals surface area contributed by atoms with E-state index < -0.39 is 6.03 Å². The number of aromatic nitrogens is 1. The van der Waals surface area contributed by atoms with Crippen molar-refractivity contribution >= 4 is 45.3 Å². The van der Waals surface area contributed by atoms with E-state index in [0.29, 0.717) is 12.1 Å². The number of urea groups is 1. The third-order valence-corrected chi connectivity index (χ3v) is 7.57. The Balaban J connectivity index is 1.10. The van der Waals surface area contributed by atoms with Crippen molar-refractivity contribution in [2.75, 3.05) is 37.6 Å². The SMILES string of the molecule is O=C1CCN(N2Cc3cc(CN4CCN(c5nsc6cc(F)ccc56)CC4)ccc3C2=O)C(=O)N1. The second kappa shape index (κ2) is 8.58.